The van der Waals surface area contributed by atoms with E-state index in [4.69, 9.17) is 9.26 Å². The summed E-state index contributed by atoms with van der Waals surface area (Å²) in [6.07, 6.45) is 1.37. The van der Waals surface area contributed by atoms with Gasteiger partial charge < -0.3 is 14.6 Å². The molecule has 1 aromatic heterocycles. The summed E-state index contributed by atoms with van der Waals surface area (Å²) in [5.41, 5.74) is 0. The van der Waals surface area contributed by atoms with Gasteiger partial charge in [0, 0.05) is 12.5 Å². The second-order valence-corrected chi connectivity index (χ2v) is 2.86. The fourth-order valence-electron chi connectivity index (χ4n) is 0.975. The molecule has 0 atom stereocenters. The number of carbonyl (C=O) groups is 1. The molecule has 0 fully saturated rings. The van der Waals surface area contributed by atoms with Crippen molar-refractivity contribution in [2.45, 2.75) is 26.3 Å². The van der Waals surface area contributed by atoms with Crippen molar-refractivity contribution < 1.29 is 14.1 Å². The first-order chi connectivity index (χ1) is 6.76. The number of methoxy groups -OCH3 is 1. The van der Waals surface area contributed by atoms with Crippen LogP contribution in [0.4, 0.5) is 0 Å². The summed E-state index contributed by atoms with van der Waals surface area (Å²) in [6, 6.07) is 1.65. The molecule has 5 heteroatoms. The zero-order chi connectivity index (χ0) is 10.4. The van der Waals surface area contributed by atoms with Gasteiger partial charge in [0.15, 0.2) is 5.76 Å². The highest BCUT2D eigenvalue weighted by Crippen LogP contribution is 2.09. The smallest absolute Gasteiger partial charge is 0.254 e. The third kappa shape index (κ3) is 3.08. The van der Waals surface area contributed by atoms with Crippen molar-refractivity contribution in [2.24, 2.45) is 0 Å². The lowest BCUT2D eigenvalue weighted by Gasteiger charge is -1.99. The van der Waals surface area contributed by atoms with Gasteiger partial charge in [-0.15, -0.1) is 0 Å². The van der Waals surface area contributed by atoms with Crippen LogP contribution in [-0.4, -0.2) is 18.2 Å². The van der Waals surface area contributed by atoms with Crippen LogP contribution in [0.1, 0.15) is 25.5 Å². The first kappa shape index (κ1) is 10.6. The summed E-state index contributed by atoms with van der Waals surface area (Å²) in [5.74, 6) is 1.03. The van der Waals surface area contributed by atoms with Crippen LogP contribution in [0.5, 0.6) is 5.88 Å². The van der Waals surface area contributed by atoms with E-state index in [1.54, 1.807) is 6.07 Å². The third-order valence-corrected chi connectivity index (χ3v) is 1.68. The van der Waals surface area contributed by atoms with E-state index in [1.807, 2.05) is 6.92 Å². The van der Waals surface area contributed by atoms with Crippen molar-refractivity contribution in [3.05, 3.63) is 11.8 Å². The molecule has 0 radical (unpaired) electrons. The van der Waals surface area contributed by atoms with Gasteiger partial charge in [-0.25, -0.2) is 0 Å². The summed E-state index contributed by atoms with van der Waals surface area (Å²) in [7, 11) is 1.51. The molecule has 0 unspecified atom stereocenters. The highest BCUT2D eigenvalue weighted by molar-refractivity contribution is 5.75. The summed E-state index contributed by atoms with van der Waals surface area (Å²) in [5, 5.41) is 6.32. The Morgan fingerprint density at radius 2 is 2.50 bits per heavy atom. The molecule has 0 aliphatic carbocycles. The SMILES string of the molecule is CCCC(=O)NCc1cc(OC)no1. The maximum atomic E-state index is 11.1. The Bertz CT molecular complexity index is 296. The molecule has 1 heterocycles. The second kappa shape index (κ2) is 5.26. The Morgan fingerprint density at radius 3 is 3.07 bits per heavy atom. The monoisotopic (exact) mass is 198 g/mol. The van der Waals surface area contributed by atoms with Crippen LogP contribution in [0.3, 0.4) is 0 Å². The standard InChI is InChI=1S/C9H14N2O3/c1-3-4-8(12)10-6-7-5-9(13-2)11-14-7/h5H,3-4,6H2,1-2H3,(H,10,12). The fraction of sp³-hybridized carbons (Fsp3) is 0.556. The Morgan fingerprint density at radius 1 is 1.71 bits per heavy atom. The lowest BCUT2D eigenvalue weighted by atomic mass is 10.3. The van der Waals surface area contributed by atoms with Crippen LogP contribution in [-0.2, 0) is 11.3 Å². The van der Waals surface area contributed by atoms with E-state index in [1.165, 1.54) is 7.11 Å². The van der Waals surface area contributed by atoms with Crippen molar-refractivity contribution in [2.75, 3.05) is 7.11 Å². The van der Waals surface area contributed by atoms with Crippen molar-refractivity contribution in [1.29, 1.82) is 0 Å². The van der Waals surface area contributed by atoms with Gasteiger partial charge in [0.05, 0.1) is 13.7 Å². The predicted molar refractivity (Wildman–Crippen MR) is 49.8 cm³/mol. The minimum atomic E-state index is 0.0165. The summed E-state index contributed by atoms with van der Waals surface area (Å²) < 4.78 is 9.73. The van der Waals surface area contributed by atoms with Crippen molar-refractivity contribution in [3.8, 4) is 5.88 Å². The highest BCUT2D eigenvalue weighted by atomic mass is 16.5. The molecule has 1 aromatic rings. The fourth-order valence-corrected chi connectivity index (χ4v) is 0.975. The Kier molecular flexibility index (Phi) is 3.97. The number of hydrogen-bond donors (Lipinski definition) is 1. The van der Waals surface area contributed by atoms with Gasteiger partial charge in [-0.05, 0) is 11.6 Å². The molecular weight excluding hydrogens is 184 g/mol. The van der Waals surface area contributed by atoms with Crippen LogP contribution in [0.25, 0.3) is 0 Å². The lowest BCUT2D eigenvalue weighted by molar-refractivity contribution is -0.121. The average Bonchev–Trinajstić information content (AvgIpc) is 2.63. The van der Waals surface area contributed by atoms with Gasteiger partial charge in [-0.3, -0.25) is 4.79 Å². The average molecular weight is 198 g/mol. The topological polar surface area (TPSA) is 64.4 Å². The number of hydrogen-bond acceptors (Lipinski definition) is 4. The van der Waals surface area contributed by atoms with E-state index < -0.39 is 0 Å². The van der Waals surface area contributed by atoms with Crippen LogP contribution < -0.4 is 10.1 Å². The van der Waals surface area contributed by atoms with E-state index in [0.29, 0.717) is 24.6 Å². The quantitative estimate of drug-likeness (QED) is 0.769. The number of rotatable bonds is 5. The first-order valence-corrected chi connectivity index (χ1v) is 4.52. The van der Waals surface area contributed by atoms with E-state index in [0.717, 1.165) is 6.42 Å². The second-order valence-electron chi connectivity index (χ2n) is 2.86. The minimum absolute atomic E-state index is 0.0165. The van der Waals surface area contributed by atoms with Crippen LogP contribution >= 0.6 is 0 Å². The van der Waals surface area contributed by atoms with Gasteiger partial charge in [-0.1, -0.05) is 6.92 Å². The highest BCUT2D eigenvalue weighted by Gasteiger charge is 2.05. The summed E-state index contributed by atoms with van der Waals surface area (Å²) in [4.78, 5) is 11.1. The van der Waals surface area contributed by atoms with E-state index >= 15 is 0 Å². The molecule has 1 N–H and O–H groups in total. The lowest BCUT2D eigenvalue weighted by Crippen LogP contribution is -2.21. The molecule has 1 rings (SSSR count). The van der Waals surface area contributed by atoms with Crippen molar-refractivity contribution >= 4 is 5.91 Å². The molecule has 0 aliphatic rings. The zero-order valence-corrected chi connectivity index (χ0v) is 8.37. The van der Waals surface area contributed by atoms with Crippen LogP contribution in [0.2, 0.25) is 0 Å². The molecule has 0 spiro atoms. The molecule has 0 aliphatic heterocycles. The maximum absolute atomic E-state index is 11.1. The molecule has 0 saturated heterocycles. The van der Waals surface area contributed by atoms with Gasteiger partial charge >= 0.3 is 0 Å². The van der Waals surface area contributed by atoms with Crippen LogP contribution in [0.15, 0.2) is 10.6 Å². The first-order valence-electron chi connectivity index (χ1n) is 4.52. The number of carbonyl (C=O) groups excluding carboxylic acids is 1. The number of aromatic nitrogens is 1. The molecule has 0 aromatic carbocycles. The summed E-state index contributed by atoms with van der Waals surface area (Å²) >= 11 is 0. The minimum Gasteiger partial charge on any atom is -0.479 e. The number of amides is 1. The van der Waals surface area contributed by atoms with E-state index in [-0.39, 0.29) is 5.91 Å². The third-order valence-electron chi connectivity index (χ3n) is 1.68. The Hall–Kier alpha value is -1.52. The van der Waals surface area contributed by atoms with Gasteiger partial charge in [0.25, 0.3) is 5.88 Å². The Labute approximate surface area is 82.4 Å². The van der Waals surface area contributed by atoms with E-state index in [9.17, 15) is 4.79 Å². The largest absolute Gasteiger partial charge is 0.479 e. The van der Waals surface area contributed by atoms with Gasteiger partial charge in [0.1, 0.15) is 0 Å². The van der Waals surface area contributed by atoms with E-state index in [2.05, 4.69) is 10.5 Å². The molecule has 14 heavy (non-hydrogen) atoms. The molecule has 0 bridgehead atoms. The van der Waals surface area contributed by atoms with Crippen molar-refractivity contribution in [1.82, 2.24) is 10.5 Å². The normalized spacial score (nSPS) is 9.86. The van der Waals surface area contributed by atoms with Crippen LogP contribution in [0, 0.1) is 0 Å². The molecule has 5 nitrogen and oxygen atoms in total. The van der Waals surface area contributed by atoms with Crippen molar-refractivity contribution in [3.63, 3.8) is 0 Å². The predicted octanol–water partition coefficient (Wildman–Crippen LogP) is 1.10. The molecule has 1 amide bonds. The number of ether oxygens (including phenoxy) is 1. The van der Waals surface area contributed by atoms with Gasteiger partial charge in [0.2, 0.25) is 5.91 Å². The molecule has 78 valence electrons. The molecular formula is C9H14N2O3. The number of nitrogens with zero attached hydrogens (tertiary/aromatic N) is 1. The number of nitrogens with one attached hydrogen (secondary N) is 1. The summed E-state index contributed by atoms with van der Waals surface area (Å²) in [6.45, 7) is 2.31. The van der Waals surface area contributed by atoms with Gasteiger partial charge in [-0.2, -0.15) is 0 Å². The molecule has 0 saturated carbocycles. The maximum Gasteiger partial charge on any atom is 0.254 e. The zero-order valence-electron chi connectivity index (χ0n) is 8.37. The Balaban J connectivity index is 2.34.